The number of halogens is 1. The molecule has 0 radical (unpaired) electrons. The van der Waals surface area contributed by atoms with Gasteiger partial charge in [-0.2, -0.15) is 4.31 Å². The minimum Gasteiger partial charge on any atom is -0.465 e. The highest BCUT2D eigenvalue weighted by Crippen LogP contribution is 2.32. The monoisotopic (exact) mass is 391 g/mol. The van der Waals surface area contributed by atoms with Crippen LogP contribution in [0.1, 0.15) is 30.2 Å². The van der Waals surface area contributed by atoms with Crippen molar-refractivity contribution in [1.29, 1.82) is 0 Å². The topological polar surface area (TPSA) is 50.5 Å². The van der Waals surface area contributed by atoms with Crippen LogP contribution in [0.4, 0.5) is 0 Å². The zero-order chi connectivity index (χ0) is 15.8. The van der Waals surface area contributed by atoms with Crippen LogP contribution in [0.3, 0.4) is 0 Å². The Morgan fingerprint density at radius 2 is 2.00 bits per heavy atom. The number of hydrogen-bond acceptors (Lipinski definition) is 4. The van der Waals surface area contributed by atoms with E-state index < -0.39 is 10.0 Å². The molecule has 0 unspecified atom stereocenters. The maximum atomic E-state index is 12.9. The van der Waals surface area contributed by atoms with E-state index in [4.69, 9.17) is 4.42 Å². The van der Waals surface area contributed by atoms with Gasteiger partial charge in [-0.1, -0.05) is 0 Å². The fraction of sp³-hybridized carbons (Fsp3) is 0.429. The van der Waals surface area contributed by atoms with E-state index in [2.05, 4.69) is 15.9 Å². The van der Waals surface area contributed by atoms with E-state index in [-0.39, 0.29) is 12.6 Å². The van der Waals surface area contributed by atoms with Gasteiger partial charge in [0, 0.05) is 10.9 Å². The fourth-order valence-electron chi connectivity index (χ4n) is 2.08. The molecule has 2 aromatic heterocycles. The van der Waals surface area contributed by atoms with Crippen LogP contribution in [0.25, 0.3) is 0 Å². The maximum Gasteiger partial charge on any atom is 0.244 e. The van der Waals surface area contributed by atoms with Crippen molar-refractivity contribution in [1.82, 2.24) is 4.31 Å². The highest BCUT2D eigenvalue weighted by atomic mass is 79.9. The molecule has 21 heavy (non-hydrogen) atoms. The third kappa shape index (κ3) is 3.59. The van der Waals surface area contributed by atoms with Crippen molar-refractivity contribution in [3.8, 4) is 0 Å². The van der Waals surface area contributed by atoms with Crippen LogP contribution in [0.5, 0.6) is 0 Å². The average molecular weight is 392 g/mol. The molecular weight excluding hydrogens is 374 g/mol. The summed E-state index contributed by atoms with van der Waals surface area (Å²) >= 11 is 4.77. The maximum absolute atomic E-state index is 12.9. The van der Waals surface area contributed by atoms with Gasteiger partial charge in [0.05, 0.1) is 15.2 Å². The smallest absolute Gasteiger partial charge is 0.244 e. The van der Waals surface area contributed by atoms with Crippen molar-refractivity contribution in [3.05, 3.63) is 38.4 Å². The minimum atomic E-state index is -3.55. The molecule has 2 aromatic rings. The van der Waals surface area contributed by atoms with Gasteiger partial charge in [-0.15, -0.1) is 11.3 Å². The van der Waals surface area contributed by atoms with Crippen molar-refractivity contribution in [3.63, 3.8) is 0 Å². The summed E-state index contributed by atoms with van der Waals surface area (Å²) in [7, 11) is -3.55. The van der Waals surface area contributed by atoms with Crippen LogP contribution >= 0.6 is 27.3 Å². The Bertz CT molecular complexity index is 731. The lowest BCUT2D eigenvalue weighted by Crippen LogP contribution is -2.36. The number of thiophene rings is 1. The van der Waals surface area contributed by atoms with Crippen LogP contribution < -0.4 is 0 Å². The van der Waals surface area contributed by atoms with Gasteiger partial charge in [-0.3, -0.25) is 0 Å². The van der Waals surface area contributed by atoms with E-state index in [9.17, 15) is 8.42 Å². The Kier molecular flexibility index (Phi) is 4.97. The summed E-state index contributed by atoms with van der Waals surface area (Å²) in [5.74, 6) is 1.43. The highest BCUT2D eigenvalue weighted by Gasteiger charge is 2.30. The number of sulfonamides is 1. The first kappa shape index (κ1) is 16.7. The van der Waals surface area contributed by atoms with E-state index in [1.54, 1.807) is 6.07 Å². The molecule has 0 saturated carbocycles. The van der Waals surface area contributed by atoms with Crippen LogP contribution in [-0.4, -0.2) is 18.8 Å². The number of furan rings is 1. The SMILES string of the molecule is Cc1ccc(CN(C(C)C)S(=O)(=O)c2cc(Br)sc2C)o1. The molecule has 0 amide bonds. The standard InChI is InChI=1S/C14H18BrNO3S2/c1-9(2)16(8-12-6-5-10(3)19-12)21(17,18)13-7-14(15)20-11(13)4/h5-7,9H,8H2,1-4H3. The molecule has 0 aromatic carbocycles. The molecule has 2 rings (SSSR count). The molecule has 0 aliphatic heterocycles. The quantitative estimate of drug-likeness (QED) is 0.762. The third-order valence-electron chi connectivity index (χ3n) is 3.11. The second-order valence-electron chi connectivity index (χ2n) is 5.13. The first-order chi connectivity index (χ1) is 9.71. The second kappa shape index (κ2) is 6.24. The fourth-order valence-corrected chi connectivity index (χ4v) is 6.07. The molecule has 0 aliphatic rings. The van der Waals surface area contributed by atoms with Crippen molar-refractivity contribution < 1.29 is 12.8 Å². The number of rotatable bonds is 5. The molecule has 0 saturated heterocycles. The van der Waals surface area contributed by atoms with Crippen LogP contribution in [-0.2, 0) is 16.6 Å². The van der Waals surface area contributed by atoms with Crippen molar-refractivity contribution in [2.75, 3.05) is 0 Å². The normalized spacial score (nSPS) is 12.5. The first-order valence-corrected chi connectivity index (χ1v) is 9.60. The zero-order valence-electron chi connectivity index (χ0n) is 12.4. The van der Waals surface area contributed by atoms with E-state index in [1.165, 1.54) is 15.6 Å². The molecule has 0 aliphatic carbocycles. The molecule has 0 atom stereocenters. The number of nitrogens with zero attached hydrogens (tertiary/aromatic N) is 1. The summed E-state index contributed by atoms with van der Waals surface area (Å²) < 4.78 is 33.6. The predicted molar refractivity (Wildman–Crippen MR) is 88.1 cm³/mol. The van der Waals surface area contributed by atoms with Gasteiger partial charge < -0.3 is 4.42 Å². The molecule has 116 valence electrons. The van der Waals surface area contributed by atoms with Gasteiger partial charge in [-0.05, 0) is 61.8 Å². The summed E-state index contributed by atoms with van der Waals surface area (Å²) in [4.78, 5) is 1.14. The highest BCUT2D eigenvalue weighted by molar-refractivity contribution is 9.11. The van der Waals surface area contributed by atoms with Gasteiger partial charge in [0.25, 0.3) is 0 Å². The first-order valence-electron chi connectivity index (χ1n) is 6.55. The summed E-state index contributed by atoms with van der Waals surface area (Å²) in [5, 5.41) is 0. The van der Waals surface area contributed by atoms with Gasteiger partial charge in [0.2, 0.25) is 10.0 Å². The lowest BCUT2D eigenvalue weighted by molar-refractivity contribution is 0.314. The molecule has 0 fully saturated rings. The van der Waals surface area contributed by atoms with Gasteiger partial charge in [0.15, 0.2) is 0 Å². The van der Waals surface area contributed by atoms with E-state index in [0.717, 1.165) is 14.4 Å². The number of aryl methyl sites for hydroxylation is 2. The van der Waals surface area contributed by atoms with Gasteiger partial charge >= 0.3 is 0 Å². The third-order valence-corrected chi connectivity index (χ3v) is 6.94. The zero-order valence-corrected chi connectivity index (χ0v) is 15.6. The molecule has 2 heterocycles. The molecule has 4 nitrogen and oxygen atoms in total. The largest absolute Gasteiger partial charge is 0.465 e. The lowest BCUT2D eigenvalue weighted by atomic mass is 10.3. The second-order valence-corrected chi connectivity index (χ2v) is 9.62. The Balaban J connectivity index is 2.39. The Hall–Kier alpha value is -0.630. The lowest BCUT2D eigenvalue weighted by Gasteiger charge is -2.24. The Labute approximate surface area is 138 Å². The minimum absolute atomic E-state index is 0.154. The molecule has 7 heteroatoms. The summed E-state index contributed by atoms with van der Waals surface area (Å²) in [6.45, 7) is 7.63. The Morgan fingerprint density at radius 3 is 2.43 bits per heavy atom. The average Bonchev–Trinajstić information content (AvgIpc) is 2.92. The molecule has 0 N–H and O–H groups in total. The van der Waals surface area contributed by atoms with Gasteiger partial charge in [0.1, 0.15) is 11.5 Å². The van der Waals surface area contributed by atoms with Crippen LogP contribution in [0.2, 0.25) is 0 Å². The number of hydrogen-bond donors (Lipinski definition) is 0. The van der Waals surface area contributed by atoms with E-state index in [0.29, 0.717) is 10.7 Å². The van der Waals surface area contributed by atoms with Crippen molar-refractivity contribution in [2.45, 2.75) is 45.2 Å². The summed E-state index contributed by atoms with van der Waals surface area (Å²) in [6.07, 6.45) is 0. The van der Waals surface area contributed by atoms with Crippen molar-refractivity contribution in [2.24, 2.45) is 0 Å². The van der Waals surface area contributed by atoms with E-state index in [1.807, 2.05) is 39.8 Å². The summed E-state index contributed by atoms with van der Waals surface area (Å²) in [5.41, 5.74) is 0. The van der Waals surface area contributed by atoms with E-state index >= 15 is 0 Å². The summed E-state index contributed by atoms with van der Waals surface area (Å²) in [6, 6.07) is 5.17. The van der Waals surface area contributed by atoms with Crippen LogP contribution in [0.15, 0.2) is 31.3 Å². The Morgan fingerprint density at radius 1 is 1.33 bits per heavy atom. The van der Waals surface area contributed by atoms with Crippen LogP contribution in [0, 0.1) is 13.8 Å². The molecule has 0 bridgehead atoms. The molecule has 0 spiro atoms. The van der Waals surface area contributed by atoms with Gasteiger partial charge in [-0.25, -0.2) is 8.42 Å². The molecular formula is C14H18BrNO3S2. The predicted octanol–water partition coefficient (Wildman–Crippen LogP) is 4.32. The van der Waals surface area contributed by atoms with Crippen molar-refractivity contribution >= 4 is 37.3 Å².